The molecule has 1 aromatic rings. The number of aliphatic hydroxyl groups excluding tert-OH is 1. The number of halogens is 1. The van der Waals surface area contributed by atoms with Crippen molar-refractivity contribution in [3.05, 3.63) is 57.9 Å². The quantitative estimate of drug-likeness (QED) is 0.701. The van der Waals surface area contributed by atoms with Gasteiger partial charge in [-0.15, -0.1) is 0 Å². The van der Waals surface area contributed by atoms with Crippen molar-refractivity contribution in [3.63, 3.8) is 0 Å². The van der Waals surface area contributed by atoms with Gasteiger partial charge in [-0.05, 0) is 56.2 Å². The lowest BCUT2D eigenvalue weighted by Gasteiger charge is -2.41. The summed E-state index contributed by atoms with van der Waals surface area (Å²) in [6, 6.07) is 1.30. The number of carbonyl (C=O) groups is 2. The van der Waals surface area contributed by atoms with Crippen LogP contribution in [0.4, 0.5) is 0 Å². The van der Waals surface area contributed by atoms with Crippen LogP contribution in [0.25, 0.3) is 0 Å². The number of aryl methyl sites for hydroxylation is 1. The lowest BCUT2D eigenvalue weighted by atomic mass is 9.74. The molecule has 0 saturated carbocycles. The van der Waals surface area contributed by atoms with Crippen LogP contribution < -0.4 is 4.74 Å². The smallest absolute Gasteiger partial charge is 0.343 e. The first kappa shape index (κ1) is 21.9. The van der Waals surface area contributed by atoms with Crippen LogP contribution in [0.3, 0.4) is 0 Å². The summed E-state index contributed by atoms with van der Waals surface area (Å²) >= 11 is 6.04. The summed E-state index contributed by atoms with van der Waals surface area (Å²) < 4.78 is 16.3. The summed E-state index contributed by atoms with van der Waals surface area (Å²) in [4.78, 5) is 25.9. The SMILES string of the molecule is CC=CC1=CC2=CC(=O)C(C)(OC(=O)c3c(C)cc(O)c(Cl)c3OC)C(O)C2CO1. The molecule has 3 unspecified atom stereocenters. The average molecular weight is 435 g/mol. The molecule has 7 nitrogen and oxygen atoms in total. The highest BCUT2D eigenvalue weighted by Gasteiger charge is 2.52. The zero-order valence-corrected chi connectivity index (χ0v) is 17.8. The number of methoxy groups -OCH3 is 1. The minimum Gasteiger partial charge on any atom is -0.506 e. The number of rotatable bonds is 4. The number of hydrogen-bond donors (Lipinski definition) is 2. The molecular weight excluding hydrogens is 412 g/mol. The number of fused-ring (bicyclic) bond motifs is 1. The molecule has 0 saturated heterocycles. The molecule has 1 heterocycles. The molecule has 1 aliphatic heterocycles. The minimum absolute atomic E-state index is 0.0357. The van der Waals surface area contributed by atoms with E-state index in [2.05, 4.69) is 0 Å². The molecule has 1 aromatic carbocycles. The monoisotopic (exact) mass is 434 g/mol. The average Bonchev–Trinajstić information content (AvgIpc) is 2.69. The van der Waals surface area contributed by atoms with E-state index >= 15 is 0 Å². The molecule has 1 aliphatic carbocycles. The van der Waals surface area contributed by atoms with Crippen LogP contribution in [0.1, 0.15) is 29.8 Å². The van der Waals surface area contributed by atoms with Crippen molar-refractivity contribution in [2.75, 3.05) is 13.7 Å². The van der Waals surface area contributed by atoms with Gasteiger partial charge in [-0.2, -0.15) is 0 Å². The van der Waals surface area contributed by atoms with E-state index in [9.17, 15) is 19.8 Å². The minimum atomic E-state index is -1.83. The molecule has 0 spiro atoms. The van der Waals surface area contributed by atoms with Crippen LogP contribution in [0.2, 0.25) is 5.02 Å². The predicted molar refractivity (Wildman–Crippen MR) is 110 cm³/mol. The molecule has 0 radical (unpaired) electrons. The maximum absolute atomic E-state index is 13.0. The van der Waals surface area contributed by atoms with Gasteiger partial charge in [0.05, 0.1) is 13.7 Å². The van der Waals surface area contributed by atoms with Crippen molar-refractivity contribution >= 4 is 23.4 Å². The fraction of sp³-hybridized carbons (Fsp3) is 0.364. The van der Waals surface area contributed by atoms with Crippen molar-refractivity contribution in [1.82, 2.24) is 0 Å². The lowest BCUT2D eigenvalue weighted by Crippen LogP contribution is -2.57. The number of phenolic OH excluding ortho intramolecular Hbond substituents is 1. The number of aromatic hydroxyl groups is 1. The fourth-order valence-electron chi connectivity index (χ4n) is 3.65. The molecule has 8 heteroatoms. The van der Waals surface area contributed by atoms with Gasteiger partial charge in [0.15, 0.2) is 11.4 Å². The van der Waals surface area contributed by atoms with Gasteiger partial charge in [-0.25, -0.2) is 4.79 Å². The van der Waals surface area contributed by atoms with Crippen molar-refractivity contribution < 1.29 is 34.0 Å². The van der Waals surface area contributed by atoms with Gasteiger partial charge in [-0.3, -0.25) is 4.79 Å². The zero-order chi connectivity index (χ0) is 22.2. The molecule has 0 aromatic heterocycles. The Morgan fingerprint density at radius 2 is 2.10 bits per heavy atom. The number of aliphatic hydroxyl groups is 1. The number of hydrogen-bond acceptors (Lipinski definition) is 7. The van der Waals surface area contributed by atoms with Gasteiger partial charge in [0, 0.05) is 5.92 Å². The van der Waals surface area contributed by atoms with Gasteiger partial charge in [0.1, 0.15) is 28.2 Å². The molecule has 3 atom stereocenters. The van der Waals surface area contributed by atoms with E-state index in [-0.39, 0.29) is 28.7 Å². The van der Waals surface area contributed by atoms with Gasteiger partial charge in [0.2, 0.25) is 5.78 Å². The first-order valence-corrected chi connectivity index (χ1v) is 9.72. The summed E-state index contributed by atoms with van der Waals surface area (Å²) in [5, 5.41) is 20.7. The maximum Gasteiger partial charge on any atom is 0.343 e. The number of ketones is 1. The van der Waals surface area contributed by atoms with Gasteiger partial charge >= 0.3 is 5.97 Å². The summed E-state index contributed by atoms with van der Waals surface area (Å²) in [6.45, 7) is 4.91. The molecule has 0 amide bonds. The van der Waals surface area contributed by atoms with Crippen LogP contribution >= 0.6 is 11.6 Å². The van der Waals surface area contributed by atoms with Crippen molar-refractivity contribution in [1.29, 1.82) is 0 Å². The molecule has 30 heavy (non-hydrogen) atoms. The Morgan fingerprint density at radius 1 is 1.40 bits per heavy atom. The molecule has 0 fully saturated rings. The molecule has 2 N–H and O–H groups in total. The second-order valence-electron chi connectivity index (χ2n) is 7.35. The number of ether oxygens (including phenoxy) is 3. The normalized spacial score (nSPS) is 25.9. The summed E-state index contributed by atoms with van der Waals surface area (Å²) in [5.74, 6) is -1.73. The third-order valence-corrected chi connectivity index (χ3v) is 5.71. The van der Waals surface area contributed by atoms with Crippen molar-refractivity contribution in [2.24, 2.45) is 5.92 Å². The number of phenols is 1. The van der Waals surface area contributed by atoms with E-state index in [1.165, 1.54) is 26.2 Å². The standard InChI is InChI=1S/C22H23ClO7/c1-5-6-13-8-12-9-16(25)22(3,20(26)14(12)10-29-13)30-21(27)17-11(2)7-15(24)18(23)19(17)28-4/h5-9,14,20,24,26H,10H2,1-4H3. The Hall–Kier alpha value is -2.77. The molecule has 0 bridgehead atoms. The van der Waals surface area contributed by atoms with E-state index in [4.69, 9.17) is 25.8 Å². The molecular formula is C22H23ClO7. The third kappa shape index (κ3) is 3.59. The highest BCUT2D eigenvalue weighted by molar-refractivity contribution is 6.34. The zero-order valence-electron chi connectivity index (χ0n) is 17.1. The molecule has 2 aliphatic rings. The third-order valence-electron chi connectivity index (χ3n) is 5.34. The fourth-order valence-corrected chi connectivity index (χ4v) is 3.87. The van der Waals surface area contributed by atoms with Crippen LogP contribution in [-0.2, 0) is 14.3 Å². The van der Waals surface area contributed by atoms with E-state index in [1.54, 1.807) is 25.2 Å². The second-order valence-corrected chi connectivity index (χ2v) is 7.73. The molecule has 3 rings (SSSR count). The number of benzene rings is 1. The van der Waals surface area contributed by atoms with Crippen molar-refractivity contribution in [2.45, 2.75) is 32.5 Å². The first-order valence-electron chi connectivity index (χ1n) is 9.34. The van der Waals surface area contributed by atoms with Gasteiger partial charge in [0.25, 0.3) is 0 Å². The molecule has 160 valence electrons. The van der Waals surface area contributed by atoms with E-state index in [0.717, 1.165) is 0 Å². The van der Waals surface area contributed by atoms with Crippen LogP contribution in [0, 0.1) is 12.8 Å². The topological polar surface area (TPSA) is 102 Å². The van der Waals surface area contributed by atoms with Crippen LogP contribution in [0.5, 0.6) is 11.5 Å². The maximum atomic E-state index is 13.0. The number of esters is 1. The van der Waals surface area contributed by atoms with E-state index in [1.807, 2.05) is 6.92 Å². The highest BCUT2D eigenvalue weighted by atomic mass is 35.5. The Morgan fingerprint density at radius 3 is 2.73 bits per heavy atom. The number of allylic oxidation sites excluding steroid dienone is 3. The Kier molecular flexibility index (Phi) is 5.97. The predicted octanol–water partition coefficient (Wildman–Crippen LogP) is 3.25. The summed E-state index contributed by atoms with van der Waals surface area (Å²) in [7, 11) is 1.29. The van der Waals surface area contributed by atoms with Gasteiger partial charge < -0.3 is 24.4 Å². The Labute approximate surface area is 179 Å². The first-order chi connectivity index (χ1) is 14.1. The Balaban J connectivity index is 1.97. The van der Waals surface area contributed by atoms with Crippen LogP contribution in [0.15, 0.2) is 41.7 Å². The largest absolute Gasteiger partial charge is 0.506 e. The van der Waals surface area contributed by atoms with Crippen LogP contribution in [-0.4, -0.2) is 47.4 Å². The Bertz CT molecular complexity index is 992. The van der Waals surface area contributed by atoms with Gasteiger partial charge in [-0.1, -0.05) is 17.7 Å². The van der Waals surface area contributed by atoms with E-state index < -0.39 is 29.4 Å². The highest BCUT2D eigenvalue weighted by Crippen LogP contribution is 2.41. The summed E-state index contributed by atoms with van der Waals surface area (Å²) in [5.41, 5.74) is -0.910. The van der Waals surface area contributed by atoms with Crippen molar-refractivity contribution in [3.8, 4) is 11.5 Å². The lowest BCUT2D eigenvalue weighted by molar-refractivity contribution is -0.152. The number of carbonyl (C=O) groups excluding carboxylic acids is 2. The summed E-state index contributed by atoms with van der Waals surface area (Å²) in [6.07, 6.45) is 5.29. The van der Waals surface area contributed by atoms with E-state index in [0.29, 0.717) is 16.9 Å². The second kappa shape index (κ2) is 8.16.